The van der Waals surface area contributed by atoms with Gasteiger partial charge in [-0.15, -0.1) is 0 Å². The summed E-state index contributed by atoms with van der Waals surface area (Å²) < 4.78 is 28.5. The molecule has 0 spiro atoms. The number of amides is 2. The normalized spacial score (nSPS) is 12.8. The lowest BCUT2D eigenvalue weighted by Gasteiger charge is -2.28. The fourth-order valence-corrected chi connectivity index (χ4v) is 5.22. The molecule has 0 aliphatic carbocycles. The standard InChI is InChI=1S/C28H25N3O7S/c29-25(32)17-28(36,16-18-6-2-1-3-7-18)30-26(33)21-12-22(27(34)35)14-23(13-21)31-39(37,38)24-11-10-19-8-4-5-9-20(19)15-24/h1-15,31,36H,16-17H2,(H2,29,32)(H,30,33)(H,34,35). The Kier molecular flexibility index (Phi) is 7.65. The van der Waals surface area contributed by atoms with Crippen molar-refractivity contribution in [2.45, 2.75) is 23.5 Å². The number of nitrogens with two attached hydrogens (primary N) is 1. The lowest BCUT2D eigenvalue weighted by molar-refractivity contribution is -0.123. The number of carbonyl (C=O) groups excluding carboxylic acids is 2. The molecule has 0 bridgehead atoms. The van der Waals surface area contributed by atoms with Gasteiger partial charge in [0.1, 0.15) is 0 Å². The van der Waals surface area contributed by atoms with Crippen molar-refractivity contribution in [3.63, 3.8) is 0 Å². The van der Waals surface area contributed by atoms with Crippen LogP contribution in [0.1, 0.15) is 32.7 Å². The smallest absolute Gasteiger partial charge is 0.335 e. The molecular weight excluding hydrogens is 522 g/mol. The van der Waals surface area contributed by atoms with Crippen LogP contribution in [-0.4, -0.2) is 42.1 Å². The van der Waals surface area contributed by atoms with Crippen molar-refractivity contribution in [2.75, 3.05) is 4.72 Å². The van der Waals surface area contributed by atoms with E-state index < -0.39 is 40.0 Å². The van der Waals surface area contributed by atoms with Gasteiger partial charge in [0.25, 0.3) is 15.9 Å². The van der Waals surface area contributed by atoms with Gasteiger partial charge < -0.3 is 21.3 Å². The van der Waals surface area contributed by atoms with Crippen molar-refractivity contribution in [3.8, 4) is 0 Å². The van der Waals surface area contributed by atoms with E-state index in [1.165, 1.54) is 12.1 Å². The van der Waals surface area contributed by atoms with Crippen LogP contribution < -0.4 is 15.8 Å². The molecule has 39 heavy (non-hydrogen) atoms. The summed E-state index contributed by atoms with van der Waals surface area (Å²) in [5.74, 6) is -3.23. The first-order valence-corrected chi connectivity index (χ1v) is 13.2. The number of aliphatic hydroxyl groups is 1. The van der Waals surface area contributed by atoms with Crippen LogP contribution >= 0.6 is 0 Å². The van der Waals surface area contributed by atoms with E-state index in [0.29, 0.717) is 10.9 Å². The molecule has 10 nitrogen and oxygen atoms in total. The molecule has 1 atom stereocenters. The number of hydrogen-bond donors (Lipinski definition) is 5. The van der Waals surface area contributed by atoms with Crippen molar-refractivity contribution in [3.05, 3.63) is 108 Å². The summed E-state index contributed by atoms with van der Waals surface area (Å²) in [7, 11) is -4.17. The van der Waals surface area contributed by atoms with E-state index in [2.05, 4.69) is 10.0 Å². The van der Waals surface area contributed by atoms with Crippen LogP contribution in [0.25, 0.3) is 10.8 Å². The van der Waals surface area contributed by atoms with E-state index in [-0.39, 0.29) is 28.1 Å². The lowest BCUT2D eigenvalue weighted by Crippen LogP contribution is -2.52. The Labute approximate surface area is 224 Å². The molecule has 0 saturated carbocycles. The number of hydrogen-bond acceptors (Lipinski definition) is 6. The van der Waals surface area contributed by atoms with E-state index in [0.717, 1.165) is 23.6 Å². The van der Waals surface area contributed by atoms with Gasteiger partial charge in [0.15, 0.2) is 5.72 Å². The minimum atomic E-state index is -4.17. The minimum Gasteiger partial charge on any atom is -0.478 e. The topological polar surface area (TPSA) is 176 Å². The highest BCUT2D eigenvalue weighted by atomic mass is 32.2. The third kappa shape index (κ3) is 6.78. The van der Waals surface area contributed by atoms with Gasteiger partial charge in [-0.05, 0) is 46.7 Å². The number of primary amides is 1. The Morgan fingerprint density at radius 2 is 1.46 bits per heavy atom. The van der Waals surface area contributed by atoms with Gasteiger partial charge in [0.05, 0.1) is 22.6 Å². The Morgan fingerprint density at radius 1 is 0.821 bits per heavy atom. The quantitative estimate of drug-likeness (QED) is 0.190. The summed E-state index contributed by atoms with van der Waals surface area (Å²) >= 11 is 0. The summed E-state index contributed by atoms with van der Waals surface area (Å²) in [6, 6.07) is 23.5. The van der Waals surface area contributed by atoms with Crippen molar-refractivity contribution < 1.29 is 33.0 Å². The Hall–Kier alpha value is -4.74. The molecular formula is C28H25N3O7S. The molecule has 0 aliphatic rings. The zero-order valence-electron chi connectivity index (χ0n) is 20.5. The molecule has 0 saturated heterocycles. The second kappa shape index (κ2) is 10.9. The fraction of sp³-hybridized carbons (Fsp3) is 0.107. The highest BCUT2D eigenvalue weighted by Crippen LogP contribution is 2.24. The van der Waals surface area contributed by atoms with Crippen molar-refractivity contribution >= 4 is 44.3 Å². The molecule has 0 aromatic heterocycles. The third-order valence-electron chi connectivity index (χ3n) is 5.88. The van der Waals surface area contributed by atoms with Gasteiger partial charge in [0.2, 0.25) is 5.91 Å². The number of carboxylic acid groups (broad SMARTS) is 1. The molecule has 0 radical (unpaired) electrons. The number of aromatic carboxylic acids is 1. The number of benzene rings is 4. The summed E-state index contributed by atoms with van der Waals surface area (Å²) in [4.78, 5) is 36.5. The van der Waals surface area contributed by atoms with Crippen LogP contribution in [0.3, 0.4) is 0 Å². The van der Waals surface area contributed by atoms with E-state index >= 15 is 0 Å². The zero-order valence-corrected chi connectivity index (χ0v) is 21.3. The third-order valence-corrected chi connectivity index (χ3v) is 7.26. The van der Waals surface area contributed by atoms with Crippen LogP contribution in [0.4, 0.5) is 5.69 Å². The molecule has 1 unspecified atom stereocenters. The number of anilines is 1. The van der Waals surface area contributed by atoms with Gasteiger partial charge in [-0.1, -0.05) is 60.7 Å². The predicted molar refractivity (Wildman–Crippen MR) is 145 cm³/mol. The van der Waals surface area contributed by atoms with Crippen LogP contribution in [0, 0.1) is 0 Å². The predicted octanol–water partition coefficient (Wildman–Crippen LogP) is 2.88. The molecule has 0 heterocycles. The number of carboxylic acids is 1. The molecule has 4 aromatic rings. The molecule has 11 heteroatoms. The van der Waals surface area contributed by atoms with Crippen molar-refractivity contribution in [1.29, 1.82) is 0 Å². The van der Waals surface area contributed by atoms with Crippen LogP contribution in [0.2, 0.25) is 0 Å². The van der Waals surface area contributed by atoms with E-state index in [1.54, 1.807) is 48.5 Å². The highest BCUT2D eigenvalue weighted by Gasteiger charge is 2.32. The number of sulfonamides is 1. The summed E-state index contributed by atoms with van der Waals surface area (Å²) in [6.07, 6.45) is -0.781. The SMILES string of the molecule is NC(=O)CC(O)(Cc1ccccc1)NC(=O)c1cc(NS(=O)(=O)c2ccc3ccccc3c2)cc(C(=O)O)c1. The molecule has 4 aromatic carbocycles. The van der Waals surface area contributed by atoms with Gasteiger partial charge in [0, 0.05) is 12.0 Å². The first-order chi connectivity index (χ1) is 18.4. The Morgan fingerprint density at radius 3 is 2.13 bits per heavy atom. The van der Waals surface area contributed by atoms with Crippen LogP contribution in [-0.2, 0) is 21.2 Å². The van der Waals surface area contributed by atoms with E-state index in [9.17, 15) is 33.0 Å². The fourth-order valence-electron chi connectivity index (χ4n) is 4.15. The Balaban J connectivity index is 1.65. The minimum absolute atomic E-state index is 0.0633. The molecule has 0 fully saturated rings. The first-order valence-electron chi connectivity index (χ1n) is 11.7. The zero-order chi connectivity index (χ0) is 28.2. The maximum absolute atomic E-state index is 13.1. The second-order valence-electron chi connectivity index (χ2n) is 9.01. The summed E-state index contributed by atoms with van der Waals surface area (Å²) in [5.41, 5.74) is 2.98. The van der Waals surface area contributed by atoms with Gasteiger partial charge in [-0.25, -0.2) is 13.2 Å². The molecule has 200 valence electrons. The average Bonchev–Trinajstić information content (AvgIpc) is 2.87. The molecule has 2 amide bonds. The second-order valence-corrected chi connectivity index (χ2v) is 10.7. The van der Waals surface area contributed by atoms with Gasteiger partial charge in [-0.2, -0.15) is 0 Å². The number of carbonyl (C=O) groups is 3. The first kappa shape index (κ1) is 27.3. The maximum Gasteiger partial charge on any atom is 0.335 e. The highest BCUT2D eigenvalue weighted by molar-refractivity contribution is 7.92. The molecule has 6 N–H and O–H groups in total. The summed E-state index contributed by atoms with van der Waals surface area (Å²) in [6.45, 7) is 0. The van der Waals surface area contributed by atoms with E-state index in [4.69, 9.17) is 5.73 Å². The maximum atomic E-state index is 13.1. The Bertz CT molecular complexity index is 1670. The van der Waals surface area contributed by atoms with Crippen molar-refractivity contribution in [2.24, 2.45) is 5.73 Å². The molecule has 0 aliphatic heterocycles. The van der Waals surface area contributed by atoms with E-state index in [1.807, 2.05) is 12.1 Å². The lowest BCUT2D eigenvalue weighted by atomic mass is 9.98. The largest absolute Gasteiger partial charge is 0.478 e. The number of rotatable bonds is 10. The van der Waals surface area contributed by atoms with Crippen molar-refractivity contribution in [1.82, 2.24) is 5.32 Å². The number of nitrogens with one attached hydrogen (secondary N) is 2. The molecule has 4 rings (SSSR count). The monoisotopic (exact) mass is 547 g/mol. The number of fused-ring (bicyclic) bond motifs is 1. The van der Waals surface area contributed by atoms with Crippen LogP contribution in [0.5, 0.6) is 0 Å². The summed E-state index contributed by atoms with van der Waals surface area (Å²) in [5, 5.41) is 24.5. The average molecular weight is 548 g/mol. The van der Waals surface area contributed by atoms with Gasteiger partial charge >= 0.3 is 5.97 Å². The van der Waals surface area contributed by atoms with Crippen LogP contribution in [0.15, 0.2) is 95.9 Å². The van der Waals surface area contributed by atoms with Gasteiger partial charge in [-0.3, -0.25) is 14.3 Å².